The Morgan fingerprint density at radius 2 is 2.36 bits per heavy atom. The van der Waals surface area contributed by atoms with Crippen LogP contribution in [0, 0.1) is 0 Å². The molecule has 1 rings (SSSR count). The van der Waals surface area contributed by atoms with Crippen molar-refractivity contribution in [1.82, 2.24) is 0 Å². The second-order valence-electron chi connectivity index (χ2n) is 2.90. The number of ether oxygens (including phenoxy) is 1. The van der Waals surface area contributed by atoms with Gasteiger partial charge in [-0.15, -0.1) is 15.8 Å². The molecule has 0 aliphatic heterocycles. The molecule has 1 aromatic carbocycles. The number of carbonyl (C=O) groups is 1. The first-order chi connectivity index (χ1) is 6.72. The summed E-state index contributed by atoms with van der Waals surface area (Å²) in [5, 5.41) is 1.09. The van der Waals surface area contributed by atoms with Crippen molar-refractivity contribution in [3.63, 3.8) is 0 Å². The fourth-order valence-corrected chi connectivity index (χ4v) is 1.35. The van der Waals surface area contributed by atoms with Gasteiger partial charge in [0.2, 0.25) is 0 Å². The van der Waals surface area contributed by atoms with E-state index in [-0.39, 0.29) is 12.4 Å². The van der Waals surface area contributed by atoms with Crippen LogP contribution >= 0.6 is 9.24 Å². The normalized spacial score (nSPS) is 9.50. The third-order valence-electron chi connectivity index (χ3n) is 1.66. The first-order valence-corrected chi connectivity index (χ1v) is 4.91. The predicted molar refractivity (Wildman–Crippen MR) is 60.4 cm³/mol. The lowest BCUT2D eigenvalue weighted by atomic mass is 10.2. The van der Waals surface area contributed by atoms with Crippen molar-refractivity contribution in [2.24, 2.45) is 0 Å². The molecule has 0 fully saturated rings. The summed E-state index contributed by atoms with van der Waals surface area (Å²) in [6.07, 6.45) is 1.80. The first kappa shape index (κ1) is 10.9. The quantitative estimate of drug-likeness (QED) is 0.428. The lowest BCUT2D eigenvalue weighted by Gasteiger charge is -2.03. The minimum Gasteiger partial charge on any atom is -0.461 e. The molecule has 0 bridgehead atoms. The van der Waals surface area contributed by atoms with Crippen molar-refractivity contribution in [2.75, 3.05) is 0 Å². The van der Waals surface area contributed by atoms with E-state index in [9.17, 15) is 4.79 Å². The molecule has 1 unspecified atom stereocenters. The van der Waals surface area contributed by atoms with Crippen molar-refractivity contribution in [1.29, 1.82) is 0 Å². The van der Waals surface area contributed by atoms with Gasteiger partial charge in [-0.1, -0.05) is 24.3 Å². The molecule has 0 aliphatic carbocycles. The summed E-state index contributed by atoms with van der Waals surface area (Å²) in [5.74, 6) is -0.242. The van der Waals surface area contributed by atoms with Crippen LogP contribution < -0.4 is 5.30 Å². The fourth-order valence-electron chi connectivity index (χ4n) is 1.02. The smallest absolute Gasteiger partial charge is 0.309 e. The van der Waals surface area contributed by atoms with Gasteiger partial charge in [0.05, 0.1) is 6.42 Å². The van der Waals surface area contributed by atoms with Gasteiger partial charge in [0.15, 0.2) is 0 Å². The fraction of sp³-hybridized carbons (Fsp3) is 0.182. The summed E-state index contributed by atoms with van der Waals surface area (Å²) < 4.78 is 5.00. The van der Waals surface area contributed by atoms with E-state index >= 15 is 0 Å². The molecule has 0 spiro atoms. The highest BCUT2D eigenvalue weighted by molar-refractivity contribution is 7.27. The van der Waals surface area contributed by atoms with Gasteiger partial charge in [-0.2, -0.15) is 0 Å². The Morgan fingerprint density at radius 1 is 1.57 bits per heavy atom. The standard InChI is InChI=1S/C11H13O2P/c1-2-4-11(12)13-8-9-5-3-6-10(14)7-9/h2-3,5-7H,1,4,8,14H2. The molecule has 0 aliphatic rings. The molecule has 0 saturated heterocycles. The van der Waals surface area contributed by atoms with Gasteiger partial charge < -0.3 is 4.74 Å². The van der Waals surface area contributed by atoms with E-state index in [0.717, 1.165) is 10.9 Å². The van der Waals surface area contributed by atoms with Crippen LogP contribution in [0.15, 0.2) is 36.9 Å². The van der Waals surface area contributed by atoms with Crippen molar-refractivity contribution in [2.45, 2.75) is 13.0 Å². The van der Waals surface area contributed by atoms with Gasteiger partial charge in [-0.3, -0.25) is 4.79 Å². The van der Waals surface area contributed by atoms with Crippen molar-refractivity contribution in [3.05, 3.63) is 42.5 Å². The molecule has 0 radical (unpaired) electrons. The SMILES string of the molecule is C=CCC(=O)OCc1cccc(P)c1. The molecule has 1 aromatic rings. The topological polar surface area (TPSA) is 26.3 Å². The van der Waals surface area contributed by atoms with E-state index in [1.807, 2.05) is 24.3 Å². The number of hydrogen-bond acceptors (Lipinski definition) is 2. The van der Waals surface area contributed by atoms with Gasteiger partial charge in [0.1, 0.15) is 6.61 Å². The van der Waals surface area contributed by atoms with Gasteiger partial charge >= 0.3 is 5.97 Å². The highest BCUT2D eigenvalue weighted by Crippen LogP contribution is 2.02. The monoisotopic (exact) mass is 208 g/mol. The van der Waals surface area contributed by atoms with Crippen LogP contribution in [0.25, 0.3) is 0 Å². The molecule has 0 saturated carbocycles. The lowest BCUT2D eigenvalue weighted by molar-refractivity contribution is -0.143. The molecule has 2 nitrogen and oxygen atoms in total. The Bertz CT molecular complexity index is 334. The number of rotatable bonds is 4. The highest BCUT2D eigenvalue weighted by Gasteiger charge is 1.99. The van der Waals surface area contributed by atoms with Crippen LogP contribution in [-0.2, 0) is 16.1 Å². The van der Waals surface area contributed by atoms with E-state index in [2.05, 4.69) is 15.8 Å². The van der Waals surface area contributed by atoms with Gasteiger partial charge in [-0.25, -0.2) is 0 Å². The molecule has 1 atom stereocenters. The van der Waals surface area contributed by atoms with E-state index < -0.39 is 0 Å². The van der Waals surface area contributed by atoms with Crippen LogP contribution in [0.3, 0.4) is 0 Å². The van der Waals surface area contributed by atoms with Crippen molar-refractivity contribution in [3.8, 4) is 0 Å². The molecule has 0 amide bonds. The predicted octanol–water partition coefficient (Wildman–Crippen LogP) is 1.81. The molecule has 0 N–H and O–H groups in total. The zero-order valence-corrected chi connectivity index (χ0v) is 9.06. The Morgan fingerprint density at radius 3 is 3.00 bits per heavy atom. The zero-order valence-electron chi connectivity index (χ0n) is 7.90. The van der Waals surface area contributed by atoms with Crippen molar-refractivity contribution >= 4 is 20.5 Å². The molecule has 74 valence electrons. The van der Waals surface area contributed by atoms with Crippen LogP contribution in [0.1, 0.15) is 12.0 Å². The second-order valence-corrected chi connectivity index (χ2v) is 3.57. The number of hydrogen-bond donors (Lipinski definition) is 0. The summed E-state index contributed by atoms with van der Waals surface area (Å²) in [5.41, 5.74) is 0.995. The highest BCUT2D eigenvalue weighted by atomic mass is 31.0. The third kappa shape index (κ3) is 3.71. The Kier molecular flexibility index (Phi) is 4.34. The average molecular weight is 208 g/mol. The minimum absolute atomic E-state index is 0.242. The maximum atomic E-state index is 11.0. The third-order valence-corrected chi connectivity index (χ3v) is 2.02. The van der Waals surface area contributed by atoms with E-state index in [1.54, 1.807) is 0 Å². The molecular formula is C11H13O2P. The summed E-state index contributed by atoms with van der Waals surface area (Å²) in [6.45, 7) is 3.79. The van der Waals surface area contributed by atoms with Gasteiger partial charge in [-0.05, 0) is 16.9 Å². The van der Waals surface area contributed by atoms with E-state index in [0.29, 0.717) is 6.61 Å². The second kappa shape index (κ2) is 5.56. The average Bonchev–Trinajstić information content (AvgIpc) is 2.15. The molecular weight excluding hydrogens is 195 g/mol. The Labute approximate surface area is 86.2 Å². The van der Waals surface area contributed by atoms with E-state index in [1.165, 1.54) is 6.08 Å². The maximum absolute atomic E-state index is 11.0. The first-order valence-electron chi connectivity index (χ1n) is 4.33. The lowest BCUT2D eigenvalue weighted by Crippen LogP contribution is -2.04. The molecule has 14 heavy (non-hydrogen) atoms. The molecule has 0 heterocycles. The van der Waals surface area contributed by atoms with Gasteiger partial charge in [0.25, 0.3) is 0 Å². The van der Waals surface area contributed by atoms with Crippen LogP contribution in [0.2, 0.25) is 0 Å². The number of benzene rings is 1. The minimum atomic E-state index is -0.242. The van der Waals surface area contributed by atoms with Crippen LogP contribution in [0.5, 0.6) is 0 Å². The van der Waals surface area contributed by atoms with Crippen molar-refractivity contribution < 1.29 is 9.53 Å². The number of esters is 1. The Hall–Kier alpha value is -1.14. The van der Waals surface area contributed by atoms with Crippen LogP contribution in [-0.4, -0.2) is 5.97 Å². The van der Waals surface area contributed by atoms with Crippen LogP contribution in [0.4, 0.5) is 0 Å². The van der Waals surface area contributed by atoms with E-state index in [4.69, 9.17) is 4.74 Å². The summed E-state index contributed by atoms with van der Waals surface area (Å²) in [4.78, 5) is 11.0. The largest absolute Gasteiger partial charge is 0.461 e. The molecule has 3 heteroatoms. The Balaban J connectivity index is 2.45. The van der Waals surface area contributed by atoms with Gasteiger partial charge in [0, 0.05) is 0 Å². The summed E-state index contributed by atoms with van der Waals surface area (Å²) in [7, 11) is 2.60. The summed E-state index contributed by atoms with van der Waals surface area (Å²) >= 11 is 0. The molecule has 0 aromatic heterocycles. The number of carbonyl (C=O) groups excluding carboxylic acids is 1. The maximum Gasteiger partial charge on any atom is 0.309 e. The summed E-state index contributed by atoms with van der Waals surface area (Å²) in [6, 6.07) is 7.79. The zero-order chi connectivity index (χ0) is 10.4.